The van der Waals surface area contributed by atoms with Crippen molar-refractivity contribution < 1.29 is 28.4 Å². The van der Waals surface area contributed by atoms with Gasteiger partial charge in [0.15, 0.2) is 0 Å². The quantitative estimate of drug-likeness (QED) is 0.145. The van der Waals surface area contributed by atoms with Crippen molar-refractivity contribution in [3.05, 3.63) is 99.7 Å². The van der Waals surface area contributed by atoms with E-state index in [9.17, 15) is 9.59 Å². The zero-order valence-corrected chi connectivity index (χ0v) is 47.5. The highest BCUT2D eigenvalue weighted by molar-refractivity contribution is 9.10. The van der Waals surface area contributed by atoms with Crippen LogP contribution in [-0.4, -0.2) is 114 Å². The Morgan fingerprint density at radius 3 is 1.50 bits per heavy atom. The Kier molecular flexibility index (Phi) is 16.6. The van der Waals surface area contributed by atoms with E-state index < -0.39 is 11.2 Å². The first-order valence-electron chi connectivity index (χ1n) is 26.3. The number of rotatable bonds is 4. The number of hydrogen-bond acceptors (Lipinski definition) is 10. The van der Waals surface area contributed by atoms with Crippen molar-refractivity contribution in [3.8, 4) is 11.3 Å². The zero-order valence-electron chi connectivity index (χ0n) is 45.9. The average Bonchev–Trinajstić information content (AvgIpc) is 3.53. The SMILES string of the molecule is CC(C)(C)OC(=O)N1CCN(c2cccc(-c3ccc4c(c3)CCCC4(C)C)n2)CC1.CC(C)(C)OC(=O)N1CCN(c2cccc(Br)n2)CC1.CC1(C)CCCc2cc(B3OC(C)(C)C(C)(C)O3)ccc21. The van der Waals surface area contributed by atoms with E-state index in [1.807, 2.05) is 59.7 Å². The Labute approximate surface area is 440 Å². The molecule has 0 spiro atoms. The largest absolute Gasteiger partial charge is 0.494 e. The molecule has 2 aliphatic carbocycles. The van der Waals surface area contributed by atoms with E-state index in [1.54, 1.807) is 9.80 Å². The maximum atomic E-state index is 12.3. The summed E-state index contributed by atoms with van der Waals surface area (Å²) in [6, 6.07) is 25.7. The van der Waals surface area contributed by atoms with E-state index >= 15 is 0 Å². The molecule has 2 amide bonds. The lowest BCUT2D eigenvalue weighted by atomic mass is 9.69. The second-order valence-electron chi connectivity index (χ2n) is 24.5. The molecule has 2 aromatic carbocycles. The summed E-state index contributed by atoms with van der Waals surface area (Å²) in [4.78, 5) is 41.7. The van der Waals surface area contributed by atoms with Crippen LogP contribution >= 0.6 is 15.9 Å². The highest BCUT2D eigenvalue weighted by Crippen LogP contribution is 2.40. The number of aromatic nitrogens is 2. The Balaban J connectivity index is 0.000000164. The number of hydrogen-bond donors (Lipinski definition) is 0. The van der Waals surface area contributed by atoms with Gasteiger partial charge in [-0.1, -0.05) is 70.2 Å². The molecule has 3 aliphatic heterocycles. The normalized spacial score (nSPS) is 20.0. The second kappa shape index (κ2) is 21.7. The van der Waals surface area contributed by atoms with Crippen molar-refractivity contribution in [1.82, 2.24) is 19.8 Å². The van der Waals surface area contributed by atoms with Crippen LogP contribution in [0.4, 0.5) is 21.2 Å². The van der Waals surface area contributed by atoms with E-state index in [4.69, 9.17) is 23.8 Å². The summed E-state index contributed by atoms with van der Waals surface area (Å²) in [5.41, 5.74) is 8.37. The van der Waals surface area contributed by atoms with Gasteiger partial charge in [-0.2, -0.15) is 0 Å². The van der Waals surface area contributed by atoms with Crippen molar-refractivity contribution in [2.75, 3.05) is 62.2 Å². The van der Waals surface area contributed by atoms with Crippen LogP contribution < -0.4 is 15.3 Å². The summed E-state index contributed by atoms with van der Waals surface area (Å²) in [5, 5.41) is 0. The number of pyridine rings is 2. The van der Waals surface area contributed by atoms with Crippen LogP contribution in [0.1, 0.15) is 145 Å². The third kappa shape index (κ3) is 13.7. The monoisotopic (exact) mass is 1050 g/mol. The standard InChI is InChI=1S/C26H35N3O2.C18H27BO2.C14H20BrN3O2/c1-25(2,3)31-24(30)29-16-14-28(15-17-29)23-10-6-9-22(27-23)20-11-12-21-19(18-20)8-7-13-26(21,4)5;1-16(2)11-7-8-13-12-14(9-10-15(13)16)19-20-17(3,4)18(5,6)21-19;1-14(2,3)20-13(19)18-9-7-17(8-10-18)12-6-4-5-11(15)16-12/h6,9-12,18H,7-8,13-17H2,1-5H3;9-10,12H,7-8,11H2,1-6H3;4-6H,7-10H2,1-3H3. The summed E-state index contributed by atoms with van der Waals surface area (Å²) in [6.07, 6.45) is 6.90. The third-order valence-corrected chi connectivity index (χ3v) is 15.4. The minimum atomic E-state index is -0.464. The third-order valence-electron chi connectivity index (χ3n) is 15.0. The zero-order chi connectivity index (χ0) is 52.4. The molecule has 14 heteroatoms. The fraction of sp³-hybridized carbons (Fsp3) is 0.586. The predicted molar refractivity (Wildman–Crippen MR) is 296 cm³/mol. The first-order chi connectivity index (χ1) is 33.6. The van der Waals surface area contributed by atoms with Crippen LogP contribution in [0.5, 0.6) is 0 Å². The van der Waals surface area contributed by atoms with Gasteiger partial charge in [0.2, 0.25) is 0 Å². The van der Waals surface area contributed by atoms with Crippen molar-refractivity contribution in [1.29, 1.82) is 0 Å². The summed E-state index contributed by atoms with van der Waals surface area (Å²) in [7, 11) is -0.245. The highest BCUT2D eigenvalue weighted by atomic mass is 79.9. The van der Waals surface area contributed by atoms with Crippen molar-refractivity contribution in [2.45, 2.75) is 169 Å². The fourth-order valence-corrected chi connectivity index (χ4v) is 10.5. The van der Waals surface area contributed by atoms with Gasteiger partial charge in [0.1, 0.15) is 27.4 Å². The van der Waals surface area contributed by atoms with E-state index in [2.05, 4.69) is 141 Å². The van der Waals surface area contributed by atoms with Crippen LogP contribution in [-0.2, 0) is 42.5 Å². The molecule has 72 heavy (non-hydrogen) atoms. The minimum Gasteiger partial charge on any atom is -0.444 e. The minimum absolute atomic E-state index is 0.231. The number of ether oxygens (including phenoxy) is 2. The van der Waals surface area contributed by atoms with Gasteiger partial charge in [-0.3, -0.25) is 0 Å². The number of anilines is 2. The first kappa shape index (κ1) is 55.1. The molecule has 5 heterocycles. The Bertz CT molecular complexity index is 2520. The maximum Gasteiger partial charge on any atom is 0.494 e. The molecule has 0 saturated carbocycles. The molecule has 390 valence electrons. The molecule has 0 radical (unpaired) electrons. The molecule has 0 bridgehead atoms. The lowest BCUT2D eigenvalue weighted by Gasteiger charge is -2.36. The molecule has 2 aromatic heterocycles. The number of halogens is 1. The molecule has 0 unspecified atom stereocenters. The average molecular weight is 1050 g/mol. The topological polar surface area (TPSA) is 110 Å². The second-order valence-corrected chi connectivity index (χ2v) is 25.3. The van der Waals surface area contributed by atoms with Crippen LogP contribution in [0.25, 0.3) is 11.3 Å². The summed E-state index contributed by atoms with van der Waals surface area (Å²) < 4.78 is 24.1. The number of amides is 2. The molecule has 9 rings (SSSR count). The number of piperazine rings is 2. The molecule has 4 aromatic rings. The number of carbonyl (C=O) groups excluding carboxylic acids is 2. The van der Waals surface area contributed by atoms with Gasteiger partial charge in [0.25, 0.3) is 0 Å². The number of benzene rings is 2. The molecule has 5 aliphatic rings. The summed E-state index contributed by atoms with van der Waals surface area (Å²) in [6.45, 7) is 34.8. The lowest BCUT2D eigenvalue weighted by Crippen LogP contribution is -2.50. The van der Waals surface area contributed by atoms with Crippen molar-refractivity contribution >= 4 is 52.3 Å². The number of carbonyl (C=O) groups is 2. The Hall–Kier alpha value is -4.66. The maximum absolute atomic E-state index is 12.3. The molecular formula is C58H82BBrN6O6. The Morgan fingerprint density at radius 1 is 0.583 bits per heavy atom. The number of fused-ring (bicyclic) bond motifs is 2. The van der Waals surface area contributed by atoms with Gasteiger partial charge in [-0.25, -0.2) is 19.6 Å². The summed E-state index contributed by atoms with van der Waals surface area (Å²) >= 11 is 3.37. The first-order valence-corrected chi connectivity index (χ1v) is 27.1. The van der Waals surface area contributed by atoms with Gasteiger partial charge in [0, 0.05) is 57.9 Å². The molecule has 0 N–H and O–H groups in total. The van der Waals surface area contributed by atoms with E-state index in [0.717, 1.165) is 60.0 Å². The van der Waals surface area contributed by atoms with Gasteiger partial charge in [0.05, 0.1) is 16.9 Å². The Morgan fingerprint density at radius 2 is 1.03 bits per heavy atom. The van der Waals surface area contributed by atoms with Crippen LogP contribution in [0.15, 0.2) is 77.4 Å². The van der Waals surface area contributed by atoms with E-state index in [-0.39, 0.29) is 35.9 Å². The smallest absolute Gasteiger partial charge is 0.444 e. The molecular weight excluding hydrogens is 967 g/mol. The van der Waals surface area contributed by atoms with Gasteiger partial charge >= 0.3 is 19.3 Å². The lowest BCUT2D eigenvalue weighted by molar-refractivity contribution is 0.00578. The van der Waals surface area contributed by atoms with E-state index in [1.165, 1.54) is 59.9 Å². The van der Waals surface area contributed by atoms with E-state index in [0.29, 0.717) is 31.6 Å². The molecule has 0 atom stereocenters. The highest BCUT2D eigenvalue weighted by Gasteiger charge is 2.52. The number of nitrogens with zero attached hydrogens (tertiary/aromatic N) is 6. The molecule has 3 fully saturated rings. The van der Waals surface area contributed by atoms with Crippen molar-refractivity contribution in [2.24, 2.45) is 0 Å². The summed E-state index contributed by atoms with van der Waals surface area (Å²) in [5.74, 6) is 1.91. The van der Waals surface area contributed by atoms with Crippen LogP contribution in [0.3, 0.4) is 0 Å². The van der Waals surface area contributed by atoms with Gasteiger partial charge in [-0.05, 0) is 193 Å². The van der Waals surface area contributed by atoms with Crippen LogP contribution in [0.2, 0.25) is 0 Å². The molecule has 12 nitrogen and oxygen atoms in total. The fourth-order valence-electron chi connectivity index (χ4n) is 10.2. The van der Waals surface area contributed by atoms with Gasteiger partial charge < -0.3 is 38.4 Å². The van der Waals surface area contributed by atoms with Gasteiger partial charge in [-0.15, -0.1) is 0 Å². The number of aryl methyl sites for hydroxylation is 2. The molecule has 3 saturated heterocycles. The van der Waals surface area contributed by atoms with Crippen LogP contribution in [0, 0.1) is 0 Å². The van der Waals surface area contributed by atoms with Crippen molar-refractivity contribution in [3.63, 3.8) is 0 Å². The predicted octanol–water partition coefficient (Wildman–Crippen LogP) is 11.9.